The van der Waals surface area contributed by atoms with Gasteiger partial charge in [-0.05, 0) is 43.9 Å². The Hall–Kier alpha value is -2.50. The third kappa shape index (κ3) is 4.97. The third-order valence-corrected chi connectivity index (χ3v) is 6.23. The van der Waals surface area contributed by atoms with E-state index < -0.39 is 61.9 Å². The van der Waals surface area contributed by atoms with Crippen molar-refractivity contribution in [3.63, 3.8) is 0 Å². The molecule has 0 heterocycles. The van der Waals surface area contributed by atoms with Gasteiger partial charge in [-0.2, -0.15) is 0 Å². The number of carbonyl (C=O) groups is 1. The van der Waals surface area contributed by atoms with E-state index in [1.807, 2.05) is 0 Å². The fraction of sp³-hybridized carbons (Fsp3) is 0.316. The molecule has 1 aliphatic rings. The zero-order valence-corrected chi connectivity index (χ0v) is 16.3. The maximum atomic E-state index is 14.2. The van der Waals surface area contributed by atoms with E-state index in [4.69, 9.17) is 0 Å². The summed E-state index contributed by atoms with van der Waals surface area (Å²) in [5, 5.41) is 11.8. The van der Waals surface area contributed by atoms with E-state index in [2.05, 4.69) is 10.0 Å². The monoisotopic (exact) mass is 446 g/mol. The lowest BCUT2D eigenvalue weighted by Crippen LogP contribution is -2.40. The fourth-order valence-corrected chi connectivity index (χ4v) is 4.62. The molecule has 2 aromatic rings. The molecule has 2 aromatic carbocycles. The van der Waals surface area contributed by atoms with Gasteiger partial charge >= 0.3 is 0 Å². The number of carbonyl (C=O) groups excluding carboxylic acids is 1. The van der Waals surface area contributed by atoms with E-state index in [9.17, 15) is 35.9 Å². The maximum Gasteiger partial charge on any atom is 0.255 e. The zero-order valence-electron chi connectivity index (χ0n) is 15.5. The Bertz CT molecular complexity index is 1060. The van der Waals surface area contributed by atoms with Gasteiger partial charge in [0.2, 0.25) is 10.0 Å². The number of rotatable bonds is 5. The van der Waals surface area contributed by atoms with Crippen LogP contribution in [0.5, 0.6) is 0 Å². The van der Waals surface area contributed by atoms with E-state index >= 15 is 0 Å². The maximum absolute atomic E-state index is 14.2. The molecule has 0 saturated heterocycles. The summed E-state index contributed by atoms with van der Waals surface area (Å²) in [5.41, 5.74) is -0.704. The van der Waals surface area contributed by atoms with Gasteiger partial charge in [0.15, 0.2) is 17.5 Å². The fourth-order valence-electron chi connectivity index (χ4n) is 3.24. The molecule has 3 rings (SSSR count). The van der Waals surface area contributed by atoms with Crippen LogP contribution in [-0.4, -0.2) is 31.6 Å². The molecule has 1 saturated carbocycles. The van der Waals surface area contributed by atoms with Gasteiger partial charge in [0, 0.05) is 29.4 Å². The standard InChI is InChI=1S/C19H18F4N2O4S/c20-14-5-4-10(19(27)24-12-8-15(21)18(23)16(22)9-12)6-17(14)30(28,29)25-11-2-1-3-13(26)7-11/h4-6,8-9,11,13,25-26H,1-3,7H2,(H,24,27). The third-order valence-electron chi connectivity index (χ3n) is 4.69. The van der Waals surface area contributed by atoms with Crippen molar-refractivity contribution in [3.8, 4) is 0 Å². The van der Waals surface area contributed by atoms with Crippen LogP contribution in [0.15, 0.2) is 35.2 Å². The molecular weight excluding hydrogens is 428 g/mol. The Balaban J connectivity index is 1.82. The van der Waals surface area contributed by atoms with Crippen LogP contribution >= 0.6 is 0 Å². The molecule has 1 fully saturated rings. The van der Waals surface area contributed by atoms with Gasteiger partial charge in [0.05, 0.1) is 6.10 Å². The molecule has 0 spiro atoms. The summed E-state index contributed by atoms with van der Waals surface area (Å²) in [6, 6.07) is 3.05. The number of amides is 1. The van der Waals surface area contributed by atoms with Crippen LogP contribution in [0.25, 0.3) is 0 Å². The van der Waals surface area contributed by atoms with Crippen molar-refractivity contribution in [2.24, 2.45) is 0 Å². The minimum atomic E-state index is -4.35. The number of nitrogens with one attached hydrogen (secondary N) is 2. The Morgan fingerprint density at radius 1 is 1.00 bits per heavy atom. The number of benzene rings is 2. The minimum Gasteiger partial charge on any atom is -0.393 e. The van der Waals surface area contributed by atoms with Gasteiger partial charge < -0.3 is 10.4 Å². The van der Waals surface area contributed by atoms with Crippen LogP contribution in [0.3, 0.4) is 0 Å². The number of hydrogen-bond acceptors (Lipinski definition) is 4. The van der Waals surface area contributed by atoms with Crippen LogP contribution in [-0.2, 0) is 10.0 Å². The summed E-state index contributed by atoms with van der Waals surface area (Å²) in [7, 11) is -4.35. The molecule has 0 aliphatic heterocycles. The summed E-state index contributed by atoms with van der Waals surface area (Å²) in [6.45, 7) is 0. The molecule has 1 amide bonds. The second-order valence-corrected chi connectivity index (χ2v) is 8.67. The predicted molar refractivity (Wildman–Crippen MR) is 99.3 cm³/mol. The van der Waals surface area contributed by atoms with Gasteiger partial charge in [-0.15, -0.1) is 0 Å². The van der Waals surface area contributed by atoms with Crippen molar-refractivity contribution in [2.75, 3.05) is 5.32 Å². The molecule has 3 N–H and O–H groups in total. The number of aliphatic hydroxyl groups excluding tert-OH is 1. The lowest BCUT2D eigenvalue weighted by molar-refractivity contribution is 0.102. The van der Waals surface area contributed by atoms with Gasteiger partial charge in [-0.3, -0.25) is 4.79 Å². The zero-order chi connectivity index (χ0) is 22.1. The van der Waals surface area contributed by atoms with Crippen molar-refractivity contribution >= 4 is 21.6 Å². The van der Waals surface area contributed by atoms with Gasteiger partial charge in [0.25, 0.3) is 5.91 Å². The highest BCUT2D eigenvalue weighted by molar-refractivity contribution is 7.89. The quantitative estimate of drug-likeness (QED) is 0.486. The number of anilines is 1. The normalized spacial score (nSPS) is 19.5. The molecule has 30 heavy (non-hydrogen) atoms. The number of hydrogen-bond donors (Lipinski definition) is 3. The first-order valence-electron chi connectivity index (χ1n) is 9.02. The first-order chi connectivity index (χ1) is 14.1. The minimum absolute atomic E-state index is 0.183. The molecule has 2 atom stereocenters. The Morgan fingerprint density at radius 3 is 2.30 bits per heavy atom. The Labute approximate surface area is 170 Å². The Morgan fingerprint density at radius 2 is 1.67 bits per heavy atom. The van der Waals surface area contributed by atoms with E-state index in [0.717, 1.165) is 18.2 Å². The molecule has 162 valence electrons. The van der Waals surface area contributed by atoms with Crippen molar-refractivity contribution in [3.05, 3.63) is 59.2 Å². The van der Waals surface area contributed by atoms with E-state index in [1.165, 1.54) is 0 Å². The van der Waals surface area contributed by atoms with Gasteiger partial charge in [-0.25, -0.2) is 30.7 Å². The lowest BCUT2D eigenvalue weighted by atomic mass is 9.94. The largest absolute Gasteiger partial charge is 0.393 e. The highest BCUT2D eigenvalue weighted by atomic mass is 32.2. The molecule has 0 aromatic heterocycles. The predicted octanol–water partition coefficient (Wildman–Crippen LogP) is 3.08. The van der Waals surface area contributed by atoms with Gasteiger partial charge in [-0.1, -0.05) is 0 Å². The summed E-state index contributed by atoms with van der Waals surface area (Å²) in [4.78, 5) is 11.5. The van der Waals surface area contributed by atoms with E-state index in [1.54, 1.807) is 0 Å². The Kier molecular flexibility index (Phi) is 6.44. The average Bonchev–Trinajstić information content (AvgIpc) is 2.65. The number of aliphatic hydroxyl groups is 1. The molecule has 6 nitrogen and oxygen atoms in total. The first kappa shape index (κ1) is 22.2. The molecule has 0 bridgehead atoms. The summed E-state index contributed by atoms with van der Waals surface area (Å²) in [5.74, 6) is -6.83. The highest BCUT2D eigenvalue weighted by Gasteiger charge is 2.28. The van der Waals surface area contributed by atoms with Gasteiger partial charge in [0.1, 0.15) is 10.7 Å². The van der Waals surface area contributed by atoms with E-state index in [-0.39, 0.29) is 12.0 Å². The smallest absolute Gasteiger partial charge is 0.255 e. The summed E-state index contributed by atoms with van der Waals surface area (Å²) >= 11 is 0. The van der Waals surface area contributed by atoms with Crippen molar-refractivity contribution < 1.29 is 35.9 Å². The summed E-state index contributed by atoms with van der Waals surface area (Å²) in [6.07, 6.45) is 1.14. The average molecular weight is 446 g/mol. The lowest BCUT2D eigenvalue weighted by Gasteiger charge is -2.26. The first-order valence-corrected chi connectivity index (χ1v) is 10.5. The van der Waals surface area contributed by atoms with Crippen LogP contribution < -0.4 is 10.0 Å². The molecule has 2 unspecified atom stereocenters. The van der Waals surface area contributed by atoms with E-state index in [0.29, 0.717) is 31.4 Å². The van der Waals surface area contributed by atoms with Crippen LogP contribution in [0, 0.1) is 23.3 Å². The highest BCUT2D eigenvalue weighted by Crippen LogP contribution is 2.23. The van der Waals surface area contributed by atoms with Crippen molar-refractivity contribution in [2.45, 2.75) is 42.7 Å². The topological polar surface area (TPSA) is 95.5 Å². The second kappa shape index (κ2) is 8.70. The number of halogens is 4. The molecular formula is C19H18F4N2O4S. The van der Waals surface area contributed by atoms with Crippen LogP contribution in [0.4, 0.5) is 23.2 Å². The van der Waals surface area contributed by atoms with Crippen molar-refractivity contribution in [1.82, 2.24) is 4.72 Å². The SMILES string of the molecule is O=C(Nc1cc(F)c(F)c(F)c1)c1ccc(F)c(S(=O)(=O)NC2CCCC(O)C2)c1. The molecule has 11 heteroatoms. The van der Waals surface area contributed by atoms with Crippen LogP contribution in [0.1, 0.15) is 36.0 Å². The van der Waals surface area contributed by atoms with Crippen molar-refractivity contribution in [1.29, 1.82) is 0 Å². The van der Waals surface area contributed by atoms with Crippen LogP contribution in [0.2, 0.25) is 0 Å². The second-order valence-electron chi connectivity index (χ2n) is 6.99. The number of sulfonamides is 1. The molecule has 1 aliphatic carbocycles. The molecule has 0 radical (unpaired) electrons. The summed E-state index contributed by atoms with van der Waals surface area (Å²) < 4.78 is 81.3.